The SMILES string of the molecule is O=C(NCc1cc(F)cc(C(F)(F)F)c1)[C@]1(C2CC2)CCCC(N2CCC(O)(c3cccnc3)CC2)CC1. The number of hydrogen-bond donors (Lipinski definition) is 2. The number of rotatable bonds is 6. The van der Waals surface area contributed by atoms with E-state index in [0.717, 1.165) is 75.7 Å². The summed E-state index contributed by atoms with van der Waals surface area (Å²) in [6.45, 7) is 1.43. The maximum Gasteiger partial charge on any atom is 0.416 e. The Morgan fingerprint density at radius 1 is 1.08 bits per heavy atom. The maximum atomic E-state index is 13.8. The van der Waals surface area contributed by atoms with Crippen LogP contribution in [-0.4, -0.2) is 40.0 Å². The molecule has 0 radical (unpaired) electrons. The average Bonchev–Trinajstić information content (AvgIpc) is 3.75. The van der Waals surface area contributed by atoms with Crippen LogP contribution in [0.15, 0.2) is 42.7 Å². The van der Waals surface area contributed by atoms with E-state index in [4.69, 9.17) is 0 Å². The molecule has 1 saturated heterocycles. The van der Waals surface area contributed by atoms with Crippen molar-refractivity contribution in [3.63, 3.8) is 0 Å². The fraction of sp³-hybridized carbons (Fsp3) is 0.586. The van der Waals surface area contributed by atoms with Crippen LogP contribution in [-0.2, 0) is 23.1 Å². The molecule has 3 aliphatic rings. The Bertz CT molecular complexity index is 1130. The predicted molar refractivity (Wildman–Crippen MR) is 134 cm³/mol. The summed E-state index contributed by atoms with van der Waals surface area (Å²) in [5, 5.41) is 14.0. The van der Waals surface area contributed by atoms with Gasteiger partial charge in [-0.15, -0.1) is 0 Å². The van der Waals surface area contributed by atoms with Gasteiger partial charge in [0.1, 0.15) is 5.82 Å². The number of benzene rings is 1. The fourth-order valence-electron chi connectivity index (χ4n) is 6.63. The normalized spacial score (nSPS) is 26.5. The molecular formula is C29H35F4N3O2. The van der Waals surface area contributed by atoms with Crippen molar-refractivity contribution in [2.45, 2.75) is 82.2 Å². The number of halogens is 4. The molecule has 0 spiro atoms. The number of alkyl halides is 3. The van der Waals surface area contributed by atoms with E-state index >= 15 is 0 Å². The molecule has 2 aromatic rings. The number of nitrogens with zero attached hydrogens (tertiary/aromatic N) is 2. The standard InChI is InChI=1S/C29H35F4N3O2/c30-24-16-20(15-23(17-24)29(31,32)33)18-35-26(37)27(21-5-6-21)8-1-4-25(7-9-27)36-13-10-28(38,11-14-36)22-3-2-12-34-19-22/h2-3,12,15-17,19,21,25,38H,1,4-11,13-14,18H2,(H,35,37)/t25?,27-/m1/s1. The van der Waals surface area contributed by atoms with E-state index in [1.54, 1.807) is 12.4 Å². The Hall–Kier alpha value is -2.52. The number of aromatic nitrogens is 1. The van der Waals surface area contributed by atoms with Gasteiger partial charge in [0.25, 0.3) is 0 Å². The van der Waals surface area contributed by atoms with Gasteiger partial charge in [0.05, 0.1) is 16.6 Å². The summed E-state index contributed by atoms with van der Waals surface area (Å²) in [6, 6.07) is 6.52. The molecule has 206 valence electrons. The molecule has 2 aliphatic carbocycles. The van der Waals surface area contributed by atoms with E-state index in [1.807, 2.05) is 12.1 Å². The van der Waals surface area contributed by atoms with E-state index in [0.29, 0.717) is 24.9 Å². The van der Waals surface area contributed by atoms with Crippen LogP contribution < -0.4 is 5.32 Å². The van der Waals surface area contributed by atoms with Crippen molar-refractivity contribution >= 4 is 5.91 Å². The van der Waals surface area contributed by atoms with Crippen molar-refractivity contribution in [3.05, 3.63) is 65.2 Å². The van der Waals surface area contributed by atoms with Gasteiger partial charge < -0.3 is 15.3 Å². The molecule has 1 amide bonds. The summed E-state index contributed by atoms with van der Waals surface area (Å²) in [4.78, 5) is 20.1. The van der Waals surface area contributed by atoms with Gasteiger partial charge >= 0.3 is 6.18 Å². The summed E-state index contributed by atoms with van der Waals surface area (Å²) < 4.78 is 53.1. The van der Waals surface area contributed by atoms with Crippen LogP contribution in [0.25, 0.3) is 0 Å². The summed E-state index contributed by atoms with van der Waals surface area (Å²) in [7, 11) is 0. The van der Waals surface area contributed by atoms with E-state index in [-0.39, 0.29) is 23.9 Å². The number of pyridine rings is 1. The molecule has 2 atom stereocenters. The third-order valence-electron chi connectivity index (χ3n) is 8.97. The first-order valence-electron chi connectivity index (χ1n) is 13.6. The Kier molecular flexibility index (Phi) is 7.52. The molecule has 2 heterocycles. The molecule has 0 bridgehead atoms. The van der Waals surface area contributed by atoms with Gasteiger partial charge in [-0.1, -0.05) is 12.5 Å². The number of aliphatic hydroxyl groups is 1. The van der Waals surface area contributed by atoms with Crippen LogP contribution in [0.5, 0.6) is 0 Å². The van der Waals surface area contributed by atoms with Gasteiger partial charge in [-0.2, -0.15) is 13.2 Å². The van der Waals surface area contributed by atoms with Crippen molar-refractivity contribution in [2.75, 3.05) is 13.1 Å². The van der Waals surface area contributed by atoms with Crippen molar-refractivity contribution in [1.82, 2.24) is 15.2 Å². The van der Waals surface area contributed by atoms with Gasteiger partial charge in [-0.25, -0.2) is 4.39 Å². The minimum Gasteiger partial charge on any atom is -0.385 e. The van der Waals surface area contributed by atoms with Crippen LogP contribution in [0.3, 0.4) is 0 Å². The van der Waals surface area contributed by atoms with Gasteiger partial charge in [0.2, 0.25) is 5.91 Å². The van der Waals surface area contributed by atoms with Gasteiger partial charge in [-0.05, 0) is 87.1 Å². The zero-order valence-corrected chi connectivity index (χ0v) is 21.4. The molecule has 38 heavy (non-hydrogen) atoms. The zero-order valence-electron chi connectivity index (χ0n) is 21.4. The maximum absolute atomic E-state index is 13.8. The summed E-state index contributed by atoms with van der Waals surface area (Å²) in [5.74, 6) is -0.796. The molecule has 1 aromatic carbocycles. The topological polar surface area (TPSA) is 65.5 Å². The molecule has 5 rings (SSSR count). The van der Waals surface area contributed by atoms with Gasteiger partial charge in [0, 0.05) is 43.6 Å². The first kappa shape index (κ1) is 27.1. The molecule has 2 N–H and O–H groups in total. The second kappa shape index (κ2) is 10.6. The third-order valence-corrected chi connectivity index (χ3v) is 8.97. The number of hydrogen-bond acceptors (Lipinski definition) is 4. The number of amides is 1. The van der Waals surface area contributed by atoms with Crippen molar-refractivity contribution in [3.8, 4) is 0 Å². The number of likely N-dealkylation sites (tertiary alicyclic amines) is 1. The molecule has 5 nitrogen and oxygen atoms in total. The summed E-state index contributed by atoms with van der Waals surface area (Å²) in [5.41, 5.74) is -1.48. The van der Waals surface area contributed by atoms with Crippen LogP contribution in [0.1, 0.15) is 74.5 Å². The summed E-state index contributed by atoms with van der Waals surface area (Å²) in [6.07, 6.45) is 6.26. The van der Waals surface area contributed by atoms with Gasteiger partial charge in [0.15, 0.2) is 0 Å². The Morgan fingerprint density at radius 3 is 2.50 bits per heavy atom. The van der Waals surface area contributed by atoms with Gasteiger partial charge in [-0.3, -0.25) is 9.78 Å². The van der Waals surface area contributed by atoms with Crippen LogP contribution in [0, 0.1) is 17.2 Å². The van der Waals surface area contributed by atoms with E-state index in [9.17, 15) is 27.5 Å². The molecule has 9 heteroatoms. The van der Waals surface area contributed by atoms with Crippen LogP contribution in [0.2, 0.25) is 0 Å². The first-order chi connectivity index (χ1) is 18.1. The predicted octanol–water partition coefficient (Wildman–Crippen LogP) is 5.57. The zero-order chi connectivity index (χ0) is 27.0. The first-order valence-corrected chi connectivity index (χ1v) is 13.6. The largest absolute Gasteiger partial charge is 0.416 e. The molecule has 1 unspecified atom stereocenters. The minimum atomic E-state index is -4.64. The number of carbonyl (C=O) groups is 1. The van der Waals surface area contributed by atoms with E-state index in [2.05, 4.69) is 15.2 Å². The quantitative estimate of drug-likeness (QED) is 0.377. The van der Waals surface area contributed by atoms with Crippen molar-refractivity contribution < 1.29 is 27.5 Å². The summed E-state index contributed by atoms with van der Waals surface area (Å²) >= 11 is 0. The Morgan fingerprint density at radius 2 is 1.84 bits per heavy atom. The van der Waals surface area contributed by atoms with Crippen LogP contribution in [0.4, 0.5) is 17.6 Å². The fourth-order valence-corrected chi connectivity index (χ4v) is 6.63. The average molecular weight is 534 g/mol. The Balaban J connectivity index is 1.21. The highest BCUT2D eigenvalue weighted by Crippen LogP contribution is 2.53. The lowest BCUT2D eigenvalue weighted by molar-refractivity contribution is -0.137. The van der Waals surface area contributed by atoms with Crippen molar-refractivity contribution in [2.24, 2.45) is 11.3 Å². The van der Waals surface area contributed by atoms with Crippen LogP contribution >= 0.6 is 0 Å². The lowest BCUT2D eigenvalue weighted by Gasteiger charge is -2.42. The lowest BCUT2D eigenvalue weighted by atomic mass is 9.74. The number of carbonyl (C=O) groups excluding carboxylic acids is 1. The number of nitrogens with one attached hydrogen (secondary N) is 1. The molecule has 3 fully saturated rings. The monoisotopic (exact) mass is 533 g/mol. The third kappa shape index (κ3) is 5.73. The van der Waals surface area contributed by atoms with Crippen molar-refractivity contribution in [1.29, 1.82) is 0 Å². The van der Waals surface area contributed by atoms with E-state index < -0.39 is 28.6 Å². The number of piperidine rings is 1. The molecule has 1 aromatic heterocycles. The highest BCUT2D eigenvalue weighted by atomic mass is 19.4. The van der Waals surface area contributed by atoms with E-state index in [1.165, 1.54) is 0 Å². The minimum absolute atomic E-state index is 0.109. The highest BCUT2D eigenvalue weighted by molar-refractivity contribution is 5.83. The smallest absolute Gasteiger partial charge is 0.385 e. The highest BCUT2D eigenvalue weighted by Gasteiger charge is 2.51. The molecule has 1 aliphatic heterocycles. The second-order valence-electron chi connectivity index (χ2n) is 11.4. The molecule has 2 saturated carbocycles. The molecular weight excluding hydrogens is 498 g/mol. The lowest BCUT2D eigenvalue weighted by Crippen LogP contribution is -2.47. The Labute approximate surface area is 220 Å². The second-order valence-corrected chi connectivity index (χ2v) is 11.4.